The van der Waals surface area contributed by atoms with Crippen molar-refractivity contribution in [2.75, 3.05) is 18.9 Å². The van der Waals surface area contributed by atoms with E-state index in [1.807, 2.05) is 0 Å². The smallest absolute Gasteiger partial charge is 0.251 e. The molecule has 1 amide bonds. The molecule has 0 aliphatic heterocycles. The molecule has 5 heteroatoms. The van der Waals surface area contributed by atoms with Gasteiger partial charge in [-0.3, -0.25) is 4.79 Å². The van der Waals surface area contributed by atoms with Crippen LogP contribution in [-0.4, -0.2) is 24.2 Å². The van der Waals surface area contributed by atoms with Crippen LogP contribution in [0.3, 0.4) is 0 Å². The third-order valence-corrected chi connectivity index (χ3v) is 2.51. The fraction of sp³-hybridized carbons (Fsp3) is 0.300. The van der Waals surface area contributed by atoms with Gasteiger partial charge in [-0.05, 0) is 24.6 Å². The Kier molecular flexibility index (Phi) is 4.11. The van der Waals surface area contributed by atoms with Crippen molar-refractivity contribution in [3.05, 3.63) is 27.7 Å². The monoisotopic (exact) mass is 272 g/mol. The molecule has 4 N–H and O–H groups in total. The highest BCUT2D eigenvalue weighted by atomic mass is 79.9. The minimum absolute atomic E-state index is 0.0751. The van der Waals surface area contributed by atoms with Crippen LogP contribution in [0.1, 0.15) is 15.9 Å². The number of anilines is 1. The molecule has 0 spiro atoms. The number of carbonyl (C=O) groups excluding carboxylic acids is 1. The quantitative estimate of drug-likeness (QED) is 0.721. The number of hydrogen-bond donors (Lipinski definition) is 3. The number of nitrogens with two attached hydrogens (primary N) is 1. The lowest BCUT2D eigenvalue weighted by atomic mass is 10.1. The lowest BCUT2D eigenvalue weighted by molar-refractivity contribution is 0.0944. The largest absolute Gasteiger partial charge is 0.398 e. The van der Waals surface area contributed by atoms with E-state index in [1.165, 1.54) is 0 Å². The number of benzene rings is 1. The predicted octanol–water partition coefficient (Wildman–Crippen LogP) is 1.06. The van der Waals surface area contributed by atoms with E-state index in [1.54, 1.807) is 19.1 Å². The molecule has 0 radical (unpaired) electrons. The zero-order chi connectivity index (χ0) is 11.4. The molecule has 0 aromatic heterocycles. The number of aliphatic hydroxyl groups excluding tert-OH is 1. The second-order valence-corrected chi connectivity index (χ2v) is 4.06. The summed E-state index contributed by atoms with van der Waals surface area (Å²) in [5.41, 5.74) is 7.56. The van der Waals surface area contributed by atoms with Crippen molar-refractivity contribution in [3.8, 4) is 0 Å². The highest BCUT2D eigenvalue weighted by Gasteiger charge is 2.11. The van der Waals surface area contributed by atoms with Crippen LogP contribution < -0.4 is 11.1 Å². The Labute approximate surface area is 96.6 Å². The number of nitrogens with one attached hydrogen (secondary N) is 1. The molecule has 1 aromatic rings. The molecule has 0 aliphatic carbocycles. The molecule has 82 valence electrons. The van der Waals surface area contributed by atoms with Crippen molar-refractivity contribution >= 4 is 27.5 Å². The zero-order valence-electron chi connectivity index (χ0n) is 8.38. The third-order valence-electron chi connectivity index (χ3n) is 2.05. The highest BCUT2D eigenvalue weighted by molar-refractivity contribution is 9.10. The van der Waals surface area contributed by atoms with Gasteiger partial charge in [0.15, 0.2) is 0 Å². The first-order valence-electron chi connectivity index (χ1n) is 4.51. The second kappa shape index (κ2) is 5.14. The maximum Gasteiger partial charge on any atom is 0.251 e. The molecule has 0 bridgehead atoms. The Balaban J connectivity index is 2.98. The first kappa shape index (κ1) is 12.0. The van der Waals surface area contributed by atoms with E-state index in [2.05, 4.69) is 21.2 Å². The van der Waals surface area contributed by atoms with Gasteiger partial charge < -0.3 is 16.2 Å². The molecule has 0 saturated heterocycles. The Morgan fingerprint density at radius 1 is 1.60 bits per heavy atom. The van der Waals surface area contributed by atoms with Gasteiger partial charge in [-0.2, -0.15) is 0 Å². The summed E-state index contributed by atoms with van der Waals surface area (Å²) in [5.74, 6) is -0.227. The van der Waals surface area contributed by atoms with Gasteiger partial charge >= 0.3 is 0 Å². The van der Waals surface area contributed by atoms with Crippen molar-refractivity contribution in [2.45, 2.75) is 6.92 Å². The van der Waals surface area contributed by atoms with Crippen LogP contribution in [-0.2, 0) is 0 Å². The van der Waals surface area contributed by atoms with Crippen molar-refractivity contribution in [2.24, 2.45) is 0 Å². The minimum atomic E-state index is -0.227. The molecule has 0 atom stereocenters. The molecule has 0 aliphatic rings. The summed E-state index contributed by atoms with van der Waals surface area (Å²) in [7, 11) is 0. The van der Waals surface area contributed by atoms with E-state index < -0.39 is 0 Å². The summed E-state index contributed by atoms with van der Waals surface area (Å²) in [6.07, 6.45) is 0. The standard InChI is InChI=1S/C10H13BrN2O2/c1-6-8(10(15)13-2-3-14)4-7(11)5-9(6)12/h4-5,14H,2-3,12H2,1H3,(H,13,15). The number of aliphatic hydroxyl groups is 1. The summed E-state index contributed by atoms with van der Waals surface area (Å²) in [5, 5.41) is 11.2. The van der Waals surface area contributed by atoms with Crippen molar-refractivity contribution in [1.82, 2.24) is 5.32 Å². The highest BCUT2D eigenvalue weighted by Crippen LogP contribution is 2.22. The maximum absolute atomic E-state index is 11.6. The molecule has 1 aromatic carbocycles. The summed E-state index contributed by atoms with van der Waals surface area (Å²) >= 11 is 3.27. The van der Waals surface area contributed by atoms with Gasteiger partial charge in [-0.15, -0.1) is 0 Å². The first-order chi connectivity index (χ1) is 7.06. The Morgan fingerprint density at radius 2 is 2.27 bits per heavy atom. The van der Waals surface area contributed by atoms with E-state index in [4.69, 9.17) is 10.8 Å². The van der Waals surface area contributed by atoms with Crippen LogP contribution in [0.2, 0.25) is 0 Å². The SMILES string of the molecule is Cc1c(N)cc(Br)cc1C(=O)NCCO. The topological polar surface area (TPSA) is 75.4 Å². The molecular weight excluding hydrogens is 260 g/mol. The van der Waals surface area contributed by atoms with E-state index in [0.29, 0.717) is 11.3 Å². The van der Waals surface area contributed by atoms with Crippen molar-refractivity contribution in [1.29, 1.82) is 0 Å². The maximum atomic E-state index is 11.6. The van der Waals surface area contributed by atoms with Gasteiger partial charge in [-0.25, -0.2) is 0 Å². The number of carbonyl (C=O) groups is 1. The van der Waals surface area contributed by atoms with Gasteiger partial charge in [0.2, 0.25) is 0 Å². The lowest BCUT2D eigenvalue weighted by Gasteiger charge is -2.09. The van der Waals surface area contributed by atoms with Gasteiger partial charge in [0, 0.05) is 22.3 Å². The average Bonchev–Trinajstić information content (AvgIpc) is 2.19. The summed E-state index contributed by atoms with van der Waals surface area (Å²) in [4.78, 5) is 11.6. The Morgan fingerprint density at radius 3 is 2.87 bits per heavy atom. The predicted molar refractivity (Wildman–Crippen MR) is 62.7 cm³/mol. The van der Waals surface area contributed by atoms with Gasteiger partial charge in [0.05, 0.1) is 6.61 Å². The minimum Gasteiger partial charge on any atom is -0.398 e. The van der Waals surface area contributed by atoms with Crippen LogP contribution in [0.25, 0.3) is 0 Å². The van der Waals surface area contributed by atoms with E-state index in [9.17, 15) is 4.79 Å². The van der Waals surface area contributed by atoms with Crippen LogP contribution in [0, 0.1) is 6.92 Å². The van der Waals surface area contributed by atoms with Crippen LogP contribution >= 0.6 is 15.9 Å². The van der Waals surface area contributed by atoms with E-state index in [-0.39, 0.29) is 19.1 Å². The average molecular weight is 273 g/mol. The summed E-state index contributed by atoms with van der Waals surface area (Å²) < 4.78 is 0.764. The third kappa shape index (κ3) is 2.94. The van der Waals surface area contributed by atoms with E-state index >= 15 is 0 Å². The van der Waals surface area contributed by atoms with Crippen molar-refractivity contribution in [3.63, 3.8) is 0 Å². The summed E-state index contributed by atoms with van der Waals surface area (Å²) in [6, 6.07) is 3.45. The molecule has 0 heterocycles. The normalized spacial score (nSPS) is 10.1. The second-order valence-electron chi connectivity index (χ2n) is 3.15. The van der Waals surface area contributed by atoms with Gasteiger partial charge in [0.1, 0.15) is 0 Å². The Bertz CT molecular complexity index is 380. The number of hydrogen-bond acceptors (Lipinski definition) is 3. The van der Waals surface area contributed by atoms with Gasteiger partial charge in [-0.1, -0.05) is 15.9 Å². The van der Waals surface area contributed by atoms with Crippen LogP contribution in [0.5, 0.6) is 0 Å². The number of nitrogen functional groups attached to an aromatic ring is 1. The molecule has 4 nitrogen and oxygen atoms in total. The molecule has 1 rings (SSSR count). The summed E-state index contributed by atoms with van der Waals surface area (Å²) in [6.45, 7) is 1.95. The number of amides is 1. The molecular formula is C10H13BrN2O2. The molecule has 0 saturated carbocycles. The fourth-order valence-corrected chi connectivity index (χ4v) is 1.68. The van der Waals surface area contributed by atoms with E-state index in [0.717, 1.165) is 10.0 Å². The number of halogens is 1. The molecule has 0 unspecified atom stereocenters. The van der Waals surface area contributed by atoms with Crippen LogP contribution in [0.15, 0.2) is 16.6 Å². The Hall–Kier alpha value is -1.07. The van der Waals surface area contributed by atoms with Crippen LogP contribution in [0.4, 0.5) is 5.69 Å². The lowest BCUT2D eigenvalue weighted by Crippen LogP contribution is -2.27. The number of rotatable bonds is 3. The first-order valence-corrected chi connectivity index (χ1v) is 5.30. The molecule has 15 heavy (non-hydrogen) atoms. The zero-order valence-corrected chi connectivity index (χ0v) is 9.97. The molecule has 0 fully saturated rings. The van der Waals surface area contributed by atoms with Crippen molar-refractivity contribution < 1.29 is 9.90 Å². The fourth-order valence-electron chi connectivity index (χ4n) is 1.20. The van der Waals surface area contributed by atoms with Gasteiger partial charge in [0.25, 0.3) is 5.91 Å².